The van der Waals surface area contributed by atoms with Crippen molar-refractivity contribution in [2.24, 2.45) is 0 Å². The molecule has 0 atom stereocenters. The minimum atomic E-state index is -0.857. The van der Waals surface area contributed by atoms with E-state index in [2.05, 4.69) is 4.98 Å². The number of aromatic hydroxyl groups is 2. The quantitative estimate of drug-likeness (QED) is 0.896. The molecule has 1 aromatic heterocycles. The van der Waals surface area contributed by atoms with Gasteiger partial charge in [0.25, 0.3) is 0 Å². The molecule has 2 N–H and O–H groups in total. The lowest BCUT2D eigenvalue weighted by molar-refractivity contribution is 0.404. The van der Waals surface area contributed by atoms with Gasteiger partial charge in [0, 0.05) is 17.3 Å². The number of rotatable bonds is 3. The van der Waals surface area contributed by atoms with Gasteiger partial charge in [-0.3, -0.25) is 4.98 Å². The molecule has 0 fully saturated rings. The van der Waals surface area contributed by atoms with Gasteiger partial charge in [-0.15, -0.1) is 0 Å². The second-order valence-electron chi connectivity index (χ2n) is 4.92. The second kappa shape index (κ2) is 5.91. The van der Waals surface area contributed by atoms with Gasteiger partial charge in [0.1, 0.15) is 11.6 Å². The minimum Gasteiger partial charge on any atom is -0.507 e. The maximum atomic E-state index is 14.1. The van der Waals surface area contributed by atoms with E-state index in [4.69, 9.17) is 0 Å². The van der Waals surface area contributed by atoms with Crippen LogP contribution in [-0.2, 0) is 0 Å². The molecule has 110 valence electrons. The predicted octanol–water partition coefficient (Wildman–Crippen LogP) is 4.06. The first-order valence-electron chi connectivity index (χ1n) is 6.44. The summed E-state index contributed by atoms with van der Waals surface area (Å²) in [4.78, 5) is 3.80. The van der Waals surface area contributed by atoms with Crippen LogP contribution >= 0.6 is 0 Å². The van der Waals surface area contributed by atoms with E-state index in [0.717, 1.165) is 0 Å². The summed E-state index contributed by atoms with van der Waals surface area (Å²) in [6.45, 7) is 3.46. The second-order valence-corrected chi connectivity index (χ2v) is 4.92. The summed E-state index contributed by atoms with van der Waals surface area (Å²) in [5, 5.41) is 19.7. The van der Waals surface area contributed by atoms with Gasteiger partial charge in [-0.05, 0) is 36.3 Å². The van der Waals surface area contributed by atoms with Gasteiger partial charge < -0.3 is 10.2 Å². The Bertz CT molecular complexity index is 697. The lowest BCUT2D eigenvalue weighted by atomic mass is 9.98. The molecule has 1 aromatic carbocycles. The summed E-state index contributed by atoms with van der Waals surface area (Å²) >= 11 is 0. The zero-order chi connectivity index (χ0) is 15.6. The molecule has 0 aliphatic heterocycles. The van der Waals surface area contributed by atoms with Crippen molar-refractivity contribution in [1.82, 2.24) is 4.98 Å². The molecule has 0 unspecified atom stereocenters. The highest BCUT2D eigenvalue weighted by Crippen LogP contribution is 2.38. The molecule has 0 spiro atoms. The molecule has 0 aliphatic carbocycles. The Hall–Kier alpha value is -2.43. The van der Waals surface area contributed by atoms with Crippen LogP contribution in [0.2, 0.25) is 0 Å². The van der Waals surface area contributed by atoms with Crippen LogP contribution in [0.25, 0.3) is 12.2 Å². The minimum absolute atomic E-state index is 0.0422. The van der Waals surface area contributed by atoms with E-state index < -0.39 is 17.4 Å². The fourth-order valence-electron chi connectivity index (χ4n) is 2.04. The third kappa shape index (κ3) is 3.02. The smallest absolute Gasteiger partial charge is 0.172 e. The fourth-order valence-corrected chi connectivity index (χ4v) is 2.04. The molecule has 0 amide bonds. The fraction of sp³-hybridized carbons (Fsp3) is 0.188. The van der Waals surface area contributed by atoms with Crippen LogP contribution in [0.15, 0.2) is 24.4 Å². The zero-order valence-corrected chi connectivity index (χ0v) is 11.6. The van der Waals surface area contributed by atoms with Crippen molar-refractivity contribution in [3.05, 3.63) is 52.9 Å². The monoisotopic (exact) mass is 291 g/mol. The molecule has 0 saturated heterocycles. The SMILES string of the molecule is CC(C)c1c(O)cc(/C=C/c2ncccc2F)c(F)c1O. The maximum Gasteiger partial charge on any atom is 0.172 e. The van der Waals surface area contributed by atoms with E-state index in [0.29, 0.717) is 0 Å². The summed E-state index contributed by atoms with van der Waals surface area (Å²) in [5.41, 5.74) is 0.150. The number of aromatic nitrogens is 1. The number of halogens is 2. The average Bonchev–Trinajstić information content (AvgIpc) is 2.42. The number of benzene rings is 1. The zero-order valence-electron chi connectivity index (χ0n) is 11.6. The Morgan fingerprint density at radius 2 is 1.90 bits per heavy atom. The van der Waals surface area contributed by atoms with Gasteiger partial charge in [0.2, 0.25) is 0 Å². The molecule has 0 saturated carbocycles. The maximum absolute atomic E-state index is 14.1. The van der Waals surface area contributed by atoms with Crippen LogP contribution in [0, 0.1) is 11.6 Å². The van der Waals surface area contributed by atoms with Gasteiger partial charge in [-0.2, -0.15) is 0 Å². The molecular weight excluding hydrogens is 276 g/mol. The van der Waals surface area contributed by atoms with Crippen LogP contribution < -0.4 is 0 Å². The number of phenolic OH excluding ortho intramolecular Hbond substituents is 2. The van der Waals surface area contributed by atoms with Crippen molar-refractivity contribution in [3.8, 4) is 11.5 Å². The first-order chi connectivity index (χ1) is 9.91. The number of nitrogens with zero attached hydrogens (tertiary/aromatic N) is 1. The number of hydrogen-bond donors (Lipinski definition) is 2. The van der Waals surface area contributed by atoms with Gasteiger partial charge in [0.05, 0.1) is 5.69 Å². The van der Waals surface area contributed by atoms with Crippen LogP contribution in [-0.4, -0.2) is 15.2 Å². The summed E-state index contributed by atoms with van der Waals surface area (Å²) in [6.07, 6.45) is 3.95. The van der Waals surface area contributed by atoms with E-state index >= 15 is 0 Å². The number of phenols is 2. The highest BCUT2D eigenvalue weighted by Gasteiger charge is 2.18. The van der Waals surface area contributed by atoms with Crippen molar-refractivity contribution in [3.63, 3.8) is 0 Å². The Morgan fingerprint density at radius 1 is 1.19 bits per heavy atom. The molecule has 2 aromatic rings. The molecule has 2 rings (SSSR count). The lowest BCUT2D eigenvalue weighted by Crippen LogP contribution is -1.95. The van der Waals surface area contributed by atoms with Crippen LogP contribution in [0.3, 0.4) is 0 Å². The third-order valence-corrected chi connectivity index (χ3v) is 3.07. The normalized spacial score (nSPS) is 11.5. The van der Waals surface area contributed by atoms with Crippen molar-refractivity contribution < 1.29 is 19.0 Å². The van der Waals surface area contributed by atoms with Gasteiger partial charge in [0.15, 0.2) is 11.6 Å². The van der Waals surface area contributed by atoms with Gasteiger partial charge in [-0.1, -0.05) is 13.8 Å². The van der Waals surface area contributed by atoms with Crippen molar-refractivity contribution in [2.75, 3.05) is 0 Å². The highest BCUT2D eigenvalue weighted by molar-refractivity contribution is 5.71. The summed E-state index contributed by atoms with van der Waals surface area (Å²) in [5.74, 6) is -2.42. The van der Waals surface area contributed by atoms with Crippen molar-refractivity contribution in [2.45, 2.75) is 19.8 Å². The molecule has 5 heteroatoms. The van der Waals surface area contributed by atoms with E-state index in [-0.39, 0.29) is 28.5 Å². The van der Waals surface area contributed by atoms with E-state index in [9.17, 15) is 19.0 Å². The Kier molecular flexibility index (Phi) is 4.21. The van der Waals surface area contributed by atoms with Gasteiger partial charge in [-0.25, -0.2) is 8.78 Å². The lowest BCUT2D eigenvalue weighted by Gasteiger charge is -2.13. The van der Waals surface area contributed by atoms with Crippen LogP contribution in [0.1, 0.15) is 36.6 Å². The standard InChI is InChI=1S/C16H15F2NO2/c1-9(2)14-13(20)8-10(15(18)16(14)21)5-6-12-11(17)4-3-7-19-12/h3-9,20-21H,1-2H3/b6-5+. The van der Waals surface area contributed by atoms with E-state index in [1.54, 1.807) is 13.8 Å². The number of pyridine rings is 1. The predicted molar refractivity (Wildman–Crippen MR) is 76.9 cm³/mol. The molecule has 0 aliphatic rings. The Morgan fingerprint density at radius 3 is 2.52 bits per heavy atom. The Labute approximate surface area is 121 Å². The Balaban J connectivity index is 2.45. The molecular formula is C16H15F2NO2. The first-order valence-corrected chi connectivity index (χ1v) is 6.44. The molecule has 0 bridgehead atoms. The largest absolute Gasteiger partial charge is 0.507 e. The molecule has 3 nitrogen and oxygen atoms in total. The van der Waals surface area contributed by atoms with Crippen LogP contribution in [0.5, 0.6) is 11.5 Å². The van der Waals surface area contributed by atoms with E-state index in [1.807, 2.05) is 0 Å². The third-order valence-electron chi connectivity index (χ3n) is 3.07. The number of hydrogen-bond acceptors (Lipinski definition) is 3. The molecule has 1 heterocycles. The van der Waals surface area contributed by atoms with Crippen LogP contribution in [0.4, 0.5) is 8.78 Å². The topological polar surface area (TPSA) is 53.4 Å². The van der Waals surface area contributed by atoms with E-state index in [1.165, 1.54) is 36.5 Å². The molecule has 21 heavy (non-hydrogen) atoms. The summed E-state index contributed by atoms with van der Waals surface area (Å²) in [6, 6.07) is 3.88. The summed E-state index contributed by atoms with van der Waals surface area (Å²) < 4.78 is 27.5. The highest BCUT2D eigenvalue weighted by atomic mass is 19.1. The van der Waals surface area contributed by atoms with Crippen molar-refractivity contribution in [1.29, 1.82) is 0 Å². The van der Waals surface area contributed by atoms with Crippen molar-refractivity contribution >= 4 is 12.2 Å². The molecule has 0 radical (unpaired) electrons. The summed E-state index contributed by atoms with van der Waals surface area (Å²) in [7, 11) is 0. The average molecular weight is 291 g/mol. The first kappa shape index (κ1) is 15.0. The van der Waals surface area contributed by atoms with Gasteiger partial charge >= 0.3 is 0 Å².